The molecule has 1 fully saturated rings. The van der Waals surface area contributed by atoms with E-state index in [-0.39, 0.29) is 11.6 Å². The van der Waals surface area contributed by atoms with Crippen LogP contribution < -0.4 is 10.6 Å². The first kappa shape index (κ1) is 24.1. The van der Waals surface area contributed by atoms with E-state index in [4.69, 9.17) is 0 Å². The zero-order valence-electron chi connectivity index (χ0n) is 19.6. The maximum absolute atomic E-state index is 13.9. The summed E-state index contributed by atoms with van der Waals surface area (Å²) in [5.74, 6) is 1.09. The molecule has 1 saturated heterocycles. The SMILES string of the molecule is Fc1ccc(Nc2ccnc(Nc3ccc(SN4CCC(Cc5ccncc5F)CC4)cc3)n2)cc1. The predicted octanol–water partition coefficient (Wildman–Crippen LogP) is 6.60. The van der Waals surface area contributed by atoms with Crippen LogP contribution in [-0.2, 0) is 6.42 Å². The minimum atomic E-state index is -0.283. The summed E-state index contributed by atoms with van der Waals surface area (Å²) in [6.07, 6.45) is 7.50. The zero-order valence-corrected chi connectivity index (χ0v) is 20.4. The van der Waals surface area contributed by atoms with Crippen LogP contribution in [0.5, 0.6) is 0 Å². The average Bonchev–Trinajstić information content (AvgIpc) is 2.89. The Kier molecular flexibility index (Phi) is 7.68. The molecule has 0 bridgehead atoms. The second-order valence-corrected chi connectivity index (χ2v) is 9.85. The lowest BCUT2D eigenvalue weighted by Gasteiger charge is -2.31. The summed E-state index contributed by atoms with van der Waals surface area (Å²) < 4.78 is 29.4. The van der Waals surface area contributed by atoms with Gasteiger partial charge in [0.05, 0.1) is 6.20 Å². The van der Waals surface area contributed by atoms with Gasteiger partial charge in [0.2, 0.25) is 5.95 Å². The van der Waals surface area contributed by atoms with Crippen LogP contribution in [0.2, 0.25) is 0 Å². The molecule has 6 nitrogen and oxygen atoms in total. The molecule has 5 rings (SSSR count). The number of piperidine rings is 1. The summed E-state index contributed by atoms with van der Waals surface area (Å²) in [4.78, 5) is 13.8. The first-order valence-electron chi connectivity index (χ1n) is 11.8. The number of nitrogens with zero attached hydrogens (tertiary/aromatic N) is 4. The third kappa shape index (κ3) is 6.56. The van der Waals surface area contributed by atoms with Crippen molar-refractivity contribution >= 4 is 35.1 Å². The quantitative estimate of drug-likeness (QED) is 0.262. The van der Waals surface area contributed by atoms with Gasteiger partial charge in [-0.05, 0) is 103 Å². The molecule has 0 radical (unpaired) electrons. The number of benzene rings is 2. The Hall–Kier alpha value is -3.56. The topological polar surface area (TPSA) is 66.0 Å². The average molecular weight is 505 g/mol. The second kappa shape index (κ2) is 11.5. The smallest absolute Gasteiger partial charge is 0.229 e. The molecule has 3 heterocycles. The molecule has 0 saturated carbocycles. The third-order valence-corrected chi connectivity index (χ3v) is 7.16. The largest absolute Gasteiger partial charge is 0.340 e. The number of rotatable bonds is 8. The molecule has 0 spiro atoms. The van der Waals surface area contributed by atoms with Crippen molar-refractivity contribution in [2.45, 2.75) is 24.2 Å². The molecular formula is C27H26F2N6S. The van der Waals surface area contributed by atoms with Crippen LogP contribution in [0.4, 0.5) is 31.9 Å². The summed E-state index contributed by atoms with van der Waals surface area (Å²) in [6, 6.07) is 17.8. The van der Waals surface area contributed by atoms with Crippen LogP contribution in [0, 0.1) is 17.6 Å². The van der Waals surface area contributed by atoms with Gasteiger partial charge in [-0.25, -0.2) is 18.1 Å². The van der Waals surface area contributed by atoms with Crippen molar-refractivity contribution in [3.8, 4) is 0 Å². The molecule has 9 heteroatoms. The second-order valence-electron chi connectivity index (χ2n) is 8.68. The molecule has 0 atom stereocenters. The molecule has 2 N–H and O–H groups in total. The van der Waals surface area contributed by atoms with Gasteiger partial charge in [-0.1, -0.05) is 0 Å². The highest BCUT2D eigenvalue weighted by Gasteiger charge is 2.21. The Morgan fingerprint density at radius 1 is 0.861 bits per heavy atom. The molecule has 2 aromatic heterocycles. The van der Waals surface area contributed by atoms with Crippen LogP contribution in [-0.4, -0.2) is 32.3 Å². The van der Waals surface area contributed by atoms with Gasteiger partial charge in [-0.3, -0.25) is 4.98 Å². The normalized spacial score (nSPS) is 14.5. The van der Waals surface area contributed by atoms with E-state index in [0.29, 0.717) is 17.7 Å². The van der Waals surface area contributed by atoms with Crippen molar-refractivity contribution < 1.29 is 8.78 Å². The van der Waals surface area contributed by atoms with E-state index in [2.05, 4.69) is 42.0 Å². The van der Waals surface area contributed by atoms with Gasteiger partial charge < -0.3 is 10.6 Å². The maximum atomic E-state index is 13.9. The van der Waals surface area contributed by atoms with Gasteiger partial charge in [0.15, 0.2) is 0 Å². The molecule has 1 aliphatic rings. The molecule has 0 unspecified atom stereocenters. The summed E-state index contributed by atoms with van der Waals surface area (Å²) in [6.45, 7) is 1.95. The van der Waals surface area contributed by atoms with Gasteiger partial charge in [-0.15, -0.1) is 0 Å². The standard InChI is InChI=1S/C27H26F2N6S/c28-21-1-3-22(4-2-21)32-26-10-14-31-27(34-26)33-23-5-7-24(8-6-23)36-35-15-11-19(12-16-35)17-20-9-13-30-18-25(20)29/h1-10,13-14,18-19H,11-12,15-17H2,(H2,31,32,33,34). The lowest BCUT2D eigenvalue weighted by atomic mass is 9.91. The van der Waals surface area contributed by atoms with E-state index >= 15 is 0 Å². The Morgan fingerprint density at radius 2 is 1.58 bits per heavy atom. The van der Waals surface area contributed by atoms with E-state index < -0.39 is 0 Å². The number of anilines is 4. The summed E-state index contributed by atoms with van der Waals surface area (Å²) in [7, 11) is 0. The van der Waals surface area contributed by atoms with Gasteiger partial charge >= 0.3 is 0 Å². The van der Waals surface area contributed by atoms with Crippen molar-refractivity contribution in [3.05, 3.63) is 96.5 Å². The molecule has 4 aromatic rings. The molecule has 0 aliphatic carbocycles. The summed E-state index contributed by atoms with van der Waals surface area (Å²) in [5.41, 5.74) is 2.40. The fourth-order valence-corrected chi connectivity index (χ4v) is 5.08. The first-order valence-corrected chi connectivity index (χ1v) is 12.6. The molecule has 2 aromatic carbocycles. The van der Waals surface area contributed by atoms with Crippen LogP contribution in [0.3, 0.4) is 0 Å². The fourth-order valence-electron chi connectivity index (χ4n) is 4.13. The molecule has 1 aliphatic heterocycles. The highest BCUT2D eigenvalue weighted by Crippen LogP contribution is 2.31. The Bertz CT molecular complexity index is 1280. The van der Waals surface area contributed by atoms with E-state index in [1.165, 1.54) is 18.3 Å². The van der Waals surface area contributed by atoms with Crippen molar-refractivity contribution in [2.24, 2.45) is 5.92 Å². The Labute approximate surface area is 213 Å². The lowest BCUT2D eigenvalue weighted by molar-refractivity contribution is 0.288. The Balaban J connectivity index is 1.11. The van der Waals surface area contributed by atoms with Crippen molar-refractivity contribution in [3.63, 3.8) is 0 Å². The minimum absolute atomic E-state index is 0.204. The van der Waals surface area contributed by atoms with Gasteiger partial charge in [0.1, 0.15) is 17.5 Å². The number of hydrogen-bond acceptors (Lipinski definition) is 7. The summed E-state index contributed by atoms with van der Waals surface area (Å²) in [5, 5.41) is 6.37. The van der Waals surface area contributed by atoms with Crippen molar-refractivity contribution in [1.82, 2.24) is 19.3 Å². The minimum Gasteiger partial charge on any atom is -0.340 e. The van der Waals surface area contributed by atoms with Crippen LogP contribution in [0.15, 0.2) is 84.1 Å². The molecule has 0 amide bonds. The number of nitrogens with one attached hydrogen (secondary N) is 2. The maximum Gasteiger partial charge on any atom is 0.229 e. The number of halogens is 2. The Morgan fingerprint density at radius 3 is 2.33 bits per heavy atom. The van der Waals surface area contributed by atoms with E-state index in [0.717, 1.165) is 54.2 Å². The highest BCUT2D eigenvalue weighted by molar-refractivity contribution is 7.97. The zero-order chi connectivity index (χ0) is 24.7. The highest BCUT2D eigenvalue weighted by atomic mass is 32.2. The number of aromatic nitrogens is 3. The summed E-state index contributed by atoms with van der Waals surface area (Å²) >= 11 is 1.75. The predicted molar refractivity (Wildman–Crippen MR) is 139 cm³/mol. The van der Waals surface area contributed by atoms with Crippen molar-refractivity contribution in [1.29, 1.82) is 0 Å². The molecule has 36 heavy (non-hydrogen) atoms. The molecular weight excluding hydrogens is 478 g/mol. The van der Waals surface area contributed by atoms with E-state index in [9.17, 15) is 8.78 Å². The van der Waals surface area contributed by atoms with Gasteiger partial charge in [-0.2, -0.15) is 4.98 Å². The number of hydrogen-bond donors (Lipinski definition) is 2. The fraction of sp³-hybridized carbons (Fsp3) is 0.222. The monoisotopic (exact) mass is 504 g/mol. The van der Waals surface area contributed by atoms with Crippen molar-refractivity contribution in [2.75, 3.05) is 23.7 Å². The third-order valence-electron chi connectivity index (χ3n) is 6.06. The number of pyridine rings is 1. The van der Waals surface area contributed by atoms with E-state index in [1.807, 2.05) is 12.1 Å². The van der Waals surface area contributed by atoms with Gasteiger partial charge in [0.25, 0.3) is 0 Å². The van der Waals surface area contributed by atoms with Crippen LogP contribution in [0.1, 0.15) is 18.4 Å². The van der Waals surface area contributed by atoms with E-state index in [1.54, 1.807) is 48.6 Å². The van der Waals surface area contributed by atoms with Crippen LogP contribution in [0.25, 0.3) is 0 Å². The van der Waals surface area contributed by atoms with Crippen LogP contribution >= 0.6 is 11.9 Å². The van der Waals surface area contributed by atoms with Gasteiger partial charge in [0, 0.05) is 41.8 Å². The lowest BCUT2D eigenvalue weighted by Crippen LogP contribution is -2.29. The molecule has 184 valence electrons. The first-order chi connectivity index (χ1) is 17.6.